The Balaban J connectivity index is 2.37. The minimum Gasteiger partial charge on any atom is -0.464 e. The molecule has 6 heteroatoms. The Kier molecular flexibility index (Phi) is 3.85. The normalized spacial score (nSPS) is 15.2. The maximum atomic E-state index is 13.2. The van der Waals surface area contributed by atoms with Crippen molar-refractivity contribution in [2.24, 2.45) is 0 Å². The minimum absolute atomic E-state index is 0.0429. The van der Waals surface area contributed by atoms with Gasteiger partial charge in [0.25, 0.3) is 0 Å². The topological polar surface area (TPSA) is 42.2 Å². The molecule has 0 fully saturated rings. The van der Waals surface area contributed by atoms with Gasteiger partial charge in [0.2, 0.25) is 0 Å². The van der Waals surface area contributed by atoms with E-state index in [1.54, 1.807) is 18.2 Å². The van der Waals surface area contributed by atoms with Crippen LogP contribution in [0.2, 0.25) is 0 Å². The van der Waals surface area contributed by atoms with Crippen molar-refractivity contribution in [2.45, 2.75) is 25.1 Å². The number of aldehydes is 1. The second-order valence-corrected chi connectivity index (χ2v) is 4.59. The maximum Gasteiger partial charge on any atom is 0.413 e. The van der Waals surface area contributed by atoms with Gasteiger partial charge >= 0.3 is 6.18 Å². The average molecular weight is 285 g/mol. The zero-order valence-corrected chi connectivity index (χ0v) is 10.8. The van der Waals surface area contributed by atoms with Crippen LogP contribution in [0.15, 0.2) is 34.9 Å². The number of benzene rings is 1. The standard InChI is InChI=1S/C14H14F3NO2/c1-2-18-13(9-19,14(15,16)17)8-10-3-4-11-5-6-20-12(11)7-10/h3-7,9,18H,2,8H2,1H3. The summed E-state index contributed by atoms with van der Waals surface area (Å²) in [6, 6.07) is 6.49. The third-order valence-corrected chi connectivity index (χ3v) is 3.20. The molecule has 3 nitrogen and oxygen atoms in total. The second kappa shape index (κ2) is 5.28. The fourth-order valence-corrected chi connectivity index (χ4v) is 2.16. The molecule has 108 valence electrons. The quantitative estimate of drug-likeness (QED) is 0.858. The molecular weight excluding hydrogens is 271 g/mol. The van der Waals surface area contributed by atoms with Gasteiger partial charge in [-0.05, 0) is 24.2 Å². The number of hydrogen-bond acceptors (Lipinski definition) is 3. The van der Waals surface area contributed by atoms with E-state index in [2.05, 4.69) is 5.32 Å². The summed E-state index contributed by atoms with van der Waals surface area (Å²) < 4.78 is 44.7. The fraction of sp³-hybridized carbons (Fsp3) is 0.357. The molecule has 0 aliphatic carbocycles. The van der Waals surface area contributed by atoms with Crippen molar-refractivity contribution >= 4 is 17.3 Å². The molecule has 1 N–H and O–H groups in total. The number of rotatable bonds is 5. The number of carbonyl (C=O) groups excluding carboxylic acids is 1. The van der Waals surface area contributed by atoms with Crippen LogP contribution in [0.3, 0.4) is 0 Å². The van der Waals surface area contributed by atoms with Crippen LogP contribution in [0.25, 0.3) is 11.0 Å². The molecule has 0 spiro atoms. The lowest BCUT2D eigenvalue weighted by atomic mass is 9.91. The third-order valence-electron chi connectivity index (χ3n) is 3.20. The van der Waals surface area contributed by atoms with Gasteiger partial charge in [0, 0.05) is 11.8 Å². The van der Waals surface area contributed by atoms with Gasteiger partial charge in [0.15, 0.2) is 5.54 Å². The highest BCUT2D eigenvalue weighted by Gasteiger charge is 2.54. The number of fused-ring (bicyclic) bond motifs is 1. The SMILES string of the molecule is CCNC(C=O)(Cc1ccc2ccoc2c1)C(F)(F)F. The summed E-state index contributed by atoms with van der Waals surface area (Å²) in [5.41, 5.74) is -1.68. The van der Waals surface area contributed by atoms with Crippen molar-refractivity contribution in [3.8, 4) is 0 Å². The number of carbonyl (C=O) groups is 1. The molecule has 0 bridgehead atoms. The Labute approximate surface area is 113 Å². The van der Waals surface area contributed by atoms with Gasteiger partial charge in [-0.3, -0.25) is 5.32 Å². The van der Waals surface area contributed by atoms with E-state index in [0.29, 0.717) is 11.1 Å². The van der Waals surface area contributed by atoms with Crippen LogP contribution in [-0.4, -0.2) is 24.5 Å². The van der Waals surface area contributed by atoms with Gasteiger partial charge in [0.05, 0.1) is 6.26 Å². The van der Waals surface area contributed by atoms with Crippen LogP contribution in [-0.2, 0) is 11.2 Å². The Morgan fingerprint density at radius 1 is 1.30 bits per heavy atom. The molecular formula is C14H14F3NO2. The van der Waals surface area contributed by atoms with Crippen molar-refractivity contribution in [3.05, 3.63) is 36.1 Å². The summed E-state index contributed by atoms with van der Waals surface area (Å²) in [7, 11) is 0. The van der Waals surface area contributed by atoms with E-state index in [-0.39, 0.29) is 12.8 Å². The third kappa shape index (κ3) is 2.56. The highest BCUT2D eigenvalue weighted by molar-refractivity contribution is 5.78. The molecule has 2 rings (SSSR count). The molecule has 0 aliphatic heterocycles. The first-order valence-corrected chi connectivity index (χ1v) is 6.16. The predicted molar refractivity (Wildman–Crippen MR) is 68.4 cm³/mol. The van der Waals surface area contributed by atoms with Crippen LogP contribution < -0.4 is 5.32 Å². The Morgan fingerprint density at radius 2 is 2.05 bits per heavy atom. The maximum absolute atomic E-state index is 13.2. The molecule has 1 unspecified atom stereocenters. The van der Waals surface area contributed by atoms with Crippen LogP contribution in [0.5, 0.6) is 0 Å². The van der Waals surface area contributed by atoms with E-state index in [4.69, 9.17) is 4.42 Å². The van der Waals surface area contributed by atoms with Gasteiger partial charge in [0.1, 0.15) is 11.9 Å². The van der Waals surface area contributed by atoms with Crippen molar-refractivity contribution in [3.63, 3.8) is 0 Å². The predicted octanol–water partition coefficient (Wildman–Crippen LogP) is 3.08. The van der Waals surface area contributed by atoms with Crippen molar-refractivity contribution < 1.29 is 22.4 Å². The highest BCUT2D eigenvalue weighted by Crippen LogP contribution is 2.32. The van der Waals surface area contributed by atoms with E-state index >= 15 is 0 Å². The van der Waals surface area contributed by atoms with Gasteiger partial charge in [-0.1, -0.05) is 19.1 Å². The number of furan rings is 1. The first-order valence-electron chi connectivity index (χ1n) is 6.16. The van der Waals surface area contributed by atoms with E-state index in [1.807, 2.05) is 0 Å². The van der Waals surface area contributed by atoms with Gasteiger partial charge in [-0.25, -0.2) is 0 Å². The number of likely N-dealkylation sites (N-methyl/N-ethyl adjacent to an activating group) is 1. The minimum atomic E-state index is -4.66. The lowest BCUT2D eigenvalue weighted by Crippen LogP contribution is -2.59. The summed E-state index contributed by atoms with van der Waals surface area (Å²) in [6.45, 7) is 1.57. The van der Waals surface area contributed by atoms with Crippen molar-refractivity contribution in [2.75, 3.05) is 6.54 Å². The monoisotopic (exact) mass is 285 g/mol. The fourth-order valence-electron chi connectivity index (χ4n) is 2.16. The molecule has 0 amide bonds. The van der Waals surface area contributed by atoms with Gasteiger partial charge in [-0.15, -0.1) is 0 Å². The molecule has 2 aromatic rings. The van der Waals surface area contributed by atoms with Crippen LogP contribution in [0.4, 0.5) is 13.2 Å². The molecule has 0 saturated heterocycles. The molecule has 0 aliphatic rings. The number of alkyl halides is 3. The Morgan fingerprint density at radius 3 is 2.65 bits per heavy atom. The average Bonchev–Trinajstić information content (AvgIpc) is 2.84. The first kappa shape index (κ1) is 14.6. The molecule has 0 radical (unpaired) electrons. The summed E-state index contributed by atoms with van der Waals surface area (Å²) in [4.78, 5) is 11.1. The summed E-state index contributed by atoms with van der Waals surface area (Å²) in [5, 5.41) is 3.06. The molecule has 1 heterocycles. The van der Waals surface area contributed by atoms with Crippen molar-refractivity contribution in [1.82, 2.24) is 5.32 Å². The van der Waals surface area contributed by atoms with Crippen LogP contribution >= 0.6 is 0 Å². The van der Waals surface area contributed by atoms with Gasteiger partial charge in [-0.2, -0.15) is 13.2 Å². The number of nitrogens with one attached hydrogen (secondary N) is 1. The van der Waals surface area contributed by atoms with Crippen molar-refractivity contribution in [1.29, 1.82) is 0 Å². The number of halogens is 3. The molecule has 20 heavy (non-hydrogen) atoms. The van der Waals surface area contributed by atoms with E-state index in [9.17, 15) is 18.0 Å². The molecule has 0 saturated carbocycles. The smallest absolute Gasteiger partial charge is 0.413 e. The second-order valence-electron chi connectivity index (χ2n) is 4.59. The lowest BCUT2D eigenvalue weighted by Gasteiger charge is -2.31. The van der Waals surface area contributed by atoms with Crippen LogP contribution in [0, 0.1) is 0 Å². The highest BCUT2D eigenvalue weighted by atomic mass is 19.4. The Hall–Kier alpha value is -1.82. The molecule has 1 aromatic heterocycles. The van der Waals surface area contributed by atoms with Crippen LogP contribution in [0.1, 0.15) is 12.5 Å². The summed E-state index contributed by atoms with van der Waals surface area (Å²) >= 11 is 0. The lowest BCUT2D eigenvalue weighted by molar-refractivity contribution is -0.191. The Bertz CT molecular complexity index is 606. The zero-order valence-electron chi connectivity index (χ0n) is 10.8. The van der Waals surface area contributed by atoms with E-state index in [0.717, 1.165) is 5.39 Å². The zero-order chi connectivity index (χ0) is 14.8. The van der Waals surface area contributed by atoms with E-state index < -0.39 is 18.1 Å². The van der Waals surface area contributed by atoms with E-state index in [1.165, 1.54) is 19.3 Å². The summed E-state index contributed by atoms with van der Waals surface area (Å²) in [6.07, 6.45) is -3.73. The largest absolute Gasteiger partial charge is 0.464 e. The molecule has 1 atom stereocenters. The first-order chi connectivity index (χ1) is 9.42. The summed E-state index contributed by atoms with van der Waals surface area (Å²) in [5.74, 6) is 0. The molecule has 1 aromatic carbocycles. The number of hydrogen-bond donors (Lipinski definition) is 1. The van der Waals surface area contributed by atoms with Gasteiger partial charge < -0.3 is 9.21 Å².